The molecular weight excluding hydrogens is 529 g/mol. The number of aliphatic hydroxyl groups is 1. The van der Waals surface area contributed by atoms with Crippen LogP contribution in [0.25, 0.3) is 0 Å². The van der Waals surface area contributed by atoms with E-state index in [1.54, 1.807) is 0 Å². The van der Waals surface area contributed by atoms with Crippen LogP contribution in [0.15, 0.2) is 36.4 Å². The van der Waals surface area contributed by atoms with Gasteiger partial charge in [0, 0.05) is 18.2 Å². The number of ketones is 1. The smallest absolute Gasteiger partial charge is 0.257 e. The van der Waals surface area contributed by atoms with E-state index in [9.17, 15) is 28.3 Å². The maximum absolute atomic E-state index is 13.7. The molecule has 3 N–H and O–H groups in total. The van der Waals surface area contributed by atoms with Gasteiger partial charge in [0.15, 0.2) is 12.4 Å². The van der Waals surface area contributed by atoms with Gasteiger partial charge in [-0.2, -0.15) is 0 Å². The molecule has 2 aromatic rings. The predicted molar refractivity (Wildman–Crippen MR) is 135 cm³/mol. The molecule has 200 valence electrons. The summed E-state index contributed by atoms with van der Waals surface area (Å²) in [5.74, 6) is -2.68. The highest BCUT2D eigenvalue weighted by molar-refractivity contribution is 6.31. The zero-order valence-corrected chi connectivity index (χ0v) is 21.5. The number of hydrogen-bond acceptors (Lipinski definition) is 5. The van der Waals surface area contributed by atoms with E-state index in [0.29, 0.717) is 12.8 Å². The van der Waals surface area contributed by atoms with Crippen LogP contribution in [0.1, 0.15) is 48.9 Å². The Bertz CT molecular complexity index is 1140. The van der Waals surface area contributed by atoms with Gasteiger partial charge in [0.2, 0.25) is 5.91 Å². The Hall–Kier alpha value is -2.75. The van der Waals surface area contributed by atoms with Crippen LogP contribution < -0.4 is 15.4 Å². The molecule has 7 nitrogen and oxygen atoms in total. The number of nitrogens with one attached hydrogen (secondary N) is 2. The molecule has 3 rings (SSSR count). The monoisotopic (exact) mass is 556 g/mol. The first-order valence-electron chi connectivity index (χ1n) is 11.9. The number of carbonyl (C=O) groups excluding carboxylic acids is 3. The summed E-state index contributed by atoms with van der Waals surface area (Å²) in [4.78, 5) is 37.7. The summed E-state index contributed by atoms with van der Waals surface area (Å²) >= 11 is 11.3. The third-order valence-electron chi connectivity index (χ3n) is 6.49. The van der Waals surface area contributed by atoms with Gasteiger partial charge in [-0.1, -0.05) is 42.5 Å². The molecule has 0 aliphatic heterocycles. The maximum Gasteiger partial charge on any atom is 0.257 e. The van der Waals surface area contributed by atoms with Crippen molar-refractivity contribution in [1.82, 2.24) is 10.6 Å². The van der Waals surface area contributed by atoms with Gasteiger partial charge in [-0.15, -0.1) is 0 Å². The summed E-state index contributed by atoms with van der Waals surface area (Å²) in [5, 5.41) is 16.0. The van der Waals surface area contributed by atoms with Gasteiger partial charge < -0.3 is 20.5 Å². The first-order chi connectivity index (χ1) is 17.6. The lowest BCUT2D eigenvalue weighted by Crippen LogP contribution is -2.51. The molecule has 0 bridgehead atoms. The maximum atomic E-state index is 13.7. The normalized spacial score (nSPS) is 15.5. The van der Waals surface area contributed by atoms with Crippen LogP contribution in [0.3, 0.4) is 0 Å². The third-order valence-corrected chi connectivity index (χ3v) is 7.10. The number of Topliss-reactive ketones (excluding diaryl/α,β-unsaturated/α-hetero) is 1. The molecule has 2 amide bonds. The Labute approximate surface area is 223 Å². The molecule has 0 saturated heterocycles. The first kappa shape index (κ1) is 28.8. The summed E-state index contributed by atoms with van der Waals surface area (Å²) in [6.07, 6.45) is 2.29. The Balaban J connectivity index is 1.51. The van der Waals surface area contributed by atoms with Gasteiger partial charge in [0.1, 0.15) is 17.4 Å². The van der Waals surface area contributed by atoms with E-state index >= 15 is 0 Å². The predicted octanol–water partition coefficient (Wildman–Crippen LogP) is 4.47. The van der Waals surface area contributed by atoms with Crippen molar-refractivity contribution in [3.05, 3.63) is 63.6 Å². The second-order valence-corrected chi connectivity index (χ2v) is 9.78. The Morgan fingerprint density at radius 1 is 0.973 bits per heavy atom. The minimum atomic E-state index is -1.11. The molecule has 0 spiro atoms. The quantitative estimate of drug-likeness (QED) is 0.354. The van der Waals surface area contributed by atoms with Gasteiger partial charge in [-0.25, -0.2) is 8.78 Å². The molecule has 0 heterocycles. The fraction of sp³-hybridized carbons (Fsp3) is 0.423. The van der Waals surface area contributed by atoms with Gasteiger partial charge in [-0.3, -0.25) is 14.4 Å². The molecule has 1 saturated carbocycles. The fourth-order valence-corrected chi connectivity index (χ4v) is 4.63. The van der Waals surface area contributed by atoms with Crippen molar-refractivity contribution >= 4 is 40.8 Å². The SMILES string of the molecule is O=C(COc1ccc(Cl)c(F)c1)NCC[C@@H](O)C1(C(=O)NCC(=O)c2ccc(Cl)c(F)c2)CCCCC1. The second kappa shape index (κ2) is 13.2. The molecule has 1 fully saturated rings. The van der Waals surface area contributed by atoms with Crippen molar-refractivity contribution in [3.63, 3.8) is 0 Å². The van der Waals surface area contributed by atoms with E-state index in [1.807, 2.05) is 0 Å². The lowest BCUT2D eigenvalue weighted by Gasteiger charge is -2.39. The largest absolute Gasteiger partial charge is 0.484 e. The minimum Gasteiger partial charge on any atom is -0.484 e. The standard InChI is InChI=1S/C26H28Cl2F2N2O5/c27-18-6-4-16(12-20(18)29)22(33)14-32-25(36)26(9-2-1-3-10-26)23(34)8-11-31-24(35)15-37-17-5-7-19(28)21(30)13-17/h4-7,12-13,23,34H,1-3,8-11,14-15H2,(H,31,35)(H,32,36)/t23-/m1/s1. The summed E-state index contributed by atoms with van der Waals surface area (Å²) in [7, 11) is 0. The van der Waals surface area contributed by atoms with E-state index < -0.39 is 40.8 Å². The highest BCUT2D eigenvalue weighted by atomic mass is 35.5. The summed E-state index contributed by atoms with van der Waals surface area (Å²) < 4.78 is 32.4. The van der Waals surface area contributed by atoms with Crippen LogP contribution in [0, 0.1) is 17.0 Å². The molecule has 1 aliphatic carbocycles. The Morgan fingerprint density at radius 2 is 1.62 bits per heavy atom. The Morgan fingerprint density at radius 3 is 2.27 bits per heavy atom. The first-order valence-corrected chi connectivity index (χ1v) is 12.7. The number of benzene rings is 2. The topological polar surface area (TPSA) is 105 Å². The van der Waals surface area contributed by atoms with Crippen LogP contribution in [-0.4, -0.2) is 48.5 Å². The molecule has 0 unspecified atom stereocenters. The van der Waals surface area contributed by atoms with Crippen molar-refractivity contribution in [2.45, 2.75) is 44.6 Å². The van der Waals surface area contributed by atoms with Gasteiger partial charge >= 0.3 is 0 Å². The van der Waals surface area contributed by atoms with E-state index in [2.05, 4.69) is 10.6 Å². The minimum absolute atomic E-state index is 0.0605. The van der Waals surface area contributed by atoms with Crippen molar-refractivity contribution in [1.29, 1.82) is 0 Å². The van der Waals surface area contributed by atoms with Crippen molar-refractivity contribution < 1.29 is 33.0 Å². The summed E-state index contributed by atoms with van der Waals surface area (Å²) in [6, 6.07) is 7.47. The summed E-state index contributed by atoms with van der Waals surface area (Å²) in [6.45, 7) is -0.639. The van der Waals surface area contributed by atoms with Crippen molar-refractivity contribution in [2.24, 2.45) is 5.41 Å². The Kier molecular flexibility index (Phi) is 10.3. The number of ether oxygens (including phenoxy) is 1. The number of aliphatic hydroxyl groups excluding tert-OH is 1. The van der Waals surface area contributed by atoms with Crippen LogP contribution >= 0.6 is 23.2 Å². The molecule has 11 heteroatoms. The van der Waals surface area contributed by atoms with Crippen molar-refractivity contribution in [2.75, 3.05) is 19.7 Å². The number of halogens is 4. The molecular formula is C26H28Cl2F2N2O5. The molecule has 2 aromatic carbocycles. The average Bonchev–Trinajstić information content (AvgIpc) is 2.89. The zero-order valence-electron chi connectivity index (χ0n) is 20.0. The van der Waals surface area contributed by atoms with Gasteiger partial charge in [0.25, 0.3) is 5.91 Å². The average molecular weight is 557 g/mol. The van der Waals surface area contributed by atoms with Crippen LogP contribution in [0.5, 0.6) is 5.75 Å². The number of hydrogen-bond donors (Lipinski definition) is 3. The van der Waals surface area contributed by atoms with Crippen LogP contribution in [-0.2, 0) is 9.59 Å². The van der Waals surface area contributed by atoms with Gasteiger partial charge in [0.05, 0.1) is 28.1 Å². The van der Waals surface area contributed by atoms with E-state index in [0.717, 1.165) is 31.4 Å². The lowest BCUT2D eigenvalue weighted by molar-refractivity contribution is -0.141. The molecule has 1 aliphatic rings. The highest BCUT2D eigenvalue weighted by Gasteiger charge is 2.45. The zero-order chi connectivity index (χ0) is 27.0. The number of rotatable bonds is 11. The van der Waals surface area contributed by atoms with E-state index in [1.165, 1.54) is 24.3 Å². The van der Waals surface area contributed by atoms with E-state index in [4.69, 9.17) is 27.9 Å². The fourth-order valence-electron chi connectivity index (χ4n) is 4.39. The number of amides is 2. The summed E-state index contributed by atoms with van der Waals surface area (Å²) in [5.41, 5.74) is -1.03. The van der Waals surface area contributed by atoms with Crippen LogP contribution in [0.2, 0.25) is 10.0 Å². The third kappa shape index (κ3) is 7.63. The number of carbonyl (C=O) groups is 3. The van der Waals surface area contributed by atoms with Crippen LogP contribution in [0.4, 0.5) is 8.78 Å². The molecule has 37 heavy (non-hydrogen) atoms. The highest BCUT2D eigenvalue weighted by Crippen LogP contribution is 2.40. The molecule has 0 aromatic heterocycles. The lowest BCUT2D eigenvalue weighted by atomic mass is 9.68. The molecule has 0 radical (unpaired) electrons. The van der Waals surface area contributed by atoms with Gasteiger partial charge in [-0.05, 0) is 49.6 Å². The molecule has 1 atom stereocenters. The van der Waals surface area contributed by atoms with E-state index in [-0.39, 0.29) is 47.5 Å². The second-order valence-electron chi connectivity index (χ2n) is 8.97. The van der Waals surface area contributed by atoms with Crippen molar-refractivity contribution in [3.8, 4) is 5.75 Å².